The Morgan fingerprint density at radius 2 is 1.86 bits per heavy atom. The summed E-state index contributed by atoms with van der Waals surface area (Å²) in [5.74, 6) is -2.21. The highest BCUT2D eigenvalue weighted by atomic mass is 127. The highest BCUT2D eigenvalue weighted by molar-refractivity contribution is 8.01. The Hall–Kier alpha value is -2.88. The summed E-state index contributed by atoms with van der Waals surface area (Å²) < 4.78 is 16.5. The minimum Gasteiger partial charge on any atom is -1.00 e. The van der Waals surface area contributed by atoms with Gasteiger partial charge in [-0.15, -0.1) is 11.8 Å². The molecule has 3 atom stereocenters. The van der Waals surface area contributed by atoms with Crippen LogP contribution in [0.1, 0.15) is 40.3 Å². The first-order valence-electron chi connectivity index (χ1n) is 12.4. The molecule has 0 aliphatic carbocycles. The van der Waals surface area contributed by atoms with Gasteiger partial charge >= 0.3 is 11.9 Å². The molecular weight excluding hydrogens is 722 g/mol. The highest BCUT2D eigenvalue weighted by Crippen LogP contribution is 2.51. The number of benzene rings is 1. The smallest absolute Gasteiger partial charge is 0.347 e. The SMILES string of the molecule is Cc1onc(-c2c(Cl)cccc2Cl)c1C(=O)NC1C(=O)N2C1SC(C)(C)C2C(=O)OCOC(=O)c1ccc[n+](C)c1.[I-]. The van der Waals surface area contributed by atoms with E-state index >= 15 is 0 Å². The van der Waals surface area contributed by atoms with E-state index < -0.39 is 52.8 Å². The van der Waals surface area contributed by atoms with E-state index in [4.69, 9.17) is 37.2 Å². The molecule has 2 aromatic heterocycles. The van der Waals surface area contributed by atoms with E-state index in [1.165, 1.54) is 16.7 Å². The molecule has 11 nitrogen and oxygen atoms in total. The molecule has 2 aliphatic rings. The number of rotatable bonds is 7. The Morgan fingerprint density at radius 1 is 1.17 bits per heavy atom. The van der Waals surface area contributed by atoms with Crippen LogP contribution < -0.4 is 33.9 Å². The third-order valence-corrected chi connectivity index (χ3v) is 9.01. The maximum Gasteiger partial charge on any atom is 0.347 e. The van der Waals surface area contributed by atoms with Crippen LogP contribution in [0.5, 0.6) is 0 Å². The topological polar surface area (TPSA) is 132 Å². The van der Waals surface area contributed by atoms with E-state index in [1.807, 2.05) is 0 Å². The predicted molar refractivity (Wildman–Crippen MR) is 148 cm³/mol. The number of hydrogen-bond donors (Lipinski definition) is 1. The van der Waals surface area contributed by atoms with Gasteiger partial charge in [-0.2, -0.15) is 0 Å². The van der Waals surface area contributed by atoms with Gasteiger partial charge in [-0.1, -0.05) is 34.4 Å². The molecule has 15 heteroatoms. The summed E-state index contributed by atoms with van der Waals surface area (Å²) in [6, 6.07) is 6.28. The fourth-order valence-corrected chi connectivity index (χ4v) is 7.08. The third-order valence-electron chi connectivity index (χ3n) is 6.81. The molecule has 4 heterocycles. The minimum atomic E-state index is -0.957. The molecular formula is C27H25Cl2IN4O7S. The maximum atomic E-state index is 13.4. The molecule has 0 spiro atoms. The van der Waals surface area contributed by atoms with Crippen molar-refractivity contribution < 1.29 is 61.7 Å². The number of β-lactam (4-membered cyclic amide) rings is 1. The second kappa shape index (κ2) is 12.4. The summed E-state index contributed by atoms with van der Waals surface area (Å²) in [7, 11) is 1.76. The number of halogens is 3. The van der Waals surface area contributed by atoms with E-state index in [9.17, 15) is 19.2 Å². The summed E-state index contributed by atoms with van der Waals surface area (Å²) in [5, 5.41) is 6.77. The molecule has 222 valence electrons. The largest absolute Gasteiger partial charge is 1.00 e. The first-order chi connectivity index (χ1) is 19.4. The van der Waals surface area contributed by atoms with Gasteiger partial charge in [0.1, 0.15) is 47.1 Å². The number of carbonyl (C=O) groups is 4. The van der Waals surface area contributed by atoms with Crippen molar-refractivity contribution in [2.24, 2.45) is 7.05 Å². The van der Waals surface area contributed by atoms with E-state index in [1.54, 1.807) is 75.1 Å². The Balaban J connectivity index is 0.00000405. The van der Waals surface area contributed by atoms with Crippen molar-refractivity contribution in [2.75, 3.05) is 6.79 Å². The van der Waals surface area contributed by atoms with E-state index in [-0.39, 0.29) is 51.0 Å². The van der Waals surface area contributed by atoms with Gasteiger partial charge < -0.3 is 48.2 Å². The van der Waals surface area contributed by atoms with Crippen molar-refractivity contribution in [3.05, 3.63) is 69.7 Å². The van der Waals surface area contributed by atoms with Crippen molar-refractivity contribution in [1.29, 1.82) is 0 Å². The molecule has 0 radical (unpaired) electrons. The van der Waals surface area contributed by atoms with Gasteiger partial charge in [0.05, 0.1) is 10.0 Å². The predicted octanol–water partition coefficient (Wildman–Crippen LogP) is 0.304. The zero-order valence-corrected chi connectivity index (χ0v) is 27.2. The number of hydrogen-bond acceptors (Lipinski definition) is 9. The first-order valence-corrected chi connectivity index (χ1v) is 14.0. The van der Waals surface area contributed by atoms with Crippen LogP contribution in [0.25, 0.3) is 11.3 Å². The Bertz CT molecular complexity index is 1560. The zero-order valence-electron chi connectivity index (χ0n) is 22.7. The molecule has 0 bridgehead atoms. The van der Waals surface area contributed by atoms with Gasteiger partial charge in [-0.05, 0) is 39.0 Å². The first kappa shape index (κ1) is 32.0. The summed E-state index contributed by atoms with van der Waals surface area (Å²) >= 11 is 14.0. The standard InChI is InChI=1S/C27H24Cl2N4O7S.HI/c1-13-17(19(31-40-13)18-15(28)8-5-9-16(18)29)22(34)30-20-23(35)33-21(27(2,3)41-24(20)33)26(37)39-12-38-25(36)14-7-6-10-32(4)11-14;/h5-11,20-21,24H,12H2,1-4H3;1H. The van der Waals surface area contributed by atoms with Crippen LogP contribution in [-0.2, 0) is 26.1 Å². The van der Waals surface area contributed by atoms with Gasteiger partial charge in [0.25, 0.3) is 5.91 Å². The van der Waals surface area contributed by atoms with Gasteiger partial charge in [0.15, 0.2) is 12.4 Å². The van der Waals surface area contributed by atoms with Crippen molar-refractivity contribution >= 4 is 58.7 Å². The second-order valence-electron chi connectivity index (χ2n) is 10.0. The number of thioether (sulfide) groups is 1. The van der Waals surface area contributed by atoms with Gasteiger partial charge in [-0.3, -0.25) is 9.59 Å². The van der Waals surface area contributed by atoms with Crippen LogP contribution in [-0.4, -0.2) is 62.8 Å². The molecule has 2 aliphatic heterocycles. The molecule has 3 unspecified atom stereocenters. The quantitative estimate of drug-likeness (QED) is 0.119. The summed E-state index contributed by atoms with van der Waals surface area (Å²) in [6.45, 7) is 4.55. The molecule has 2 amide bonds. The number of ether oxygens (including phenoxy) is 2. The van der Waals surface area contributed by atoms with Crippen LogP contribution in [0, 0.1) is 6.92 Å². The summed E-state index contributed by atoms with van der Waals surface area (Å²) in [4.78, 5) is 53.3. The lowest BCUT2D eigenvalue weighted by Gasteiger charge is -2.43. The molecule has 2 fully saturated rings. The van der Waals surface area contributed by atoms with E-state index in [0.717, 1.165) is 0 Å². The number of aryl methyl sites for hydroxylation is 2. The molecule has 0 saturated carbocycles. The van der Waals surface area contributed by atoms with Gasteiger partial charge in [0.2, 0.25) is 12.7 Å². The maximum absolute atomic E-state index is 13.4. The number of amides is 2. The van der Waals surface area contributed by atoms with Gasteiger partial charge in [-0.25, -0.2) is 14.2 Å². The Kier molecular flexibility index (Phi) is 9.45. The number of carbonyl (C=O) groups excluding carboxylic acids is 4. The average Bonchev–Trinajstić information content (AvgIpc) is 3.41. The van der Waals surface area contributed by atoms with Crippen molar-refractivity contribution in [3.8, 4) is 11.3 Å². The van der Waals surface area contributed by atoms with Crippen LogP contribution in [0.3, 0.4) is 0 Å². The lowest BCUT2D eigenvalue weighted by molar-refractivity contribution is -0.671. The number of aromatic nitrogens is 2. The lowest BCUT2D eigenvalue weighted by Crippen LogP contribution is -3.00. The van der Waals surface area contributed by atoms with E-state index in [0.29, 0.717) is 11.1 Å². The van der Waals surface area contributed by atoms with E-state index in [2.05, 4.69) is 10.5 Å². The molecule has 42 heavy (non-hydrogen) atoms. The number of pyridine rings is 1. The van der Waals surface area contributed by atoms with Crippen LogP contribution in [0.2, 0.25) is 10.0 Å². The summed E-state index contributed by atoms with van der Waals surface area (Å²) in [5.41, 5.74) is 0.875. The molecule has 5 rings (SSSR count). The zero-order chi connectivity index (χ0) is 29.6. The van der Waals surface area contributed by atoms with Crippen LogP contribution in [0.4, 0.5) is 0 Å². The second-order valence-corrected chi connectivity index (χ2v) is 12.6. The summed E-state index contributed by atoms with van der Waals surface area (Å²) in [6.07, 6.45) is 3.33. The molecule has 1 aromatic carbocycles. The third kappa shape index (κ3) is 5.83. The van der Waals surface area contributed by atoms with Crippen molar-refractivity contribution in [3.63, 3.8) is 0 Å². The Morgan fingerprint density at radius 3 is 2.52 bits per heavy atom. The monoisotopic (exact) mass is 746 g/mol. The van der Waals surface area contributed by atoms with Crippen LogP contribution >= 0.6 is 35.0 Å². The fraction of sp³-hybridized carbons (Fsp3) is 0.333. The van der Waals surface area contributed by atoms with Crippen molar-refractivity contribution in [2.45, 2.75) is 43.0 Å². The number of nitrogens with zero attached hydrogens (tertiary/aromatic N) is 3. The molecule has 2 saturated heterocycles. The number of esters is 2. The van der Waals surface area contributed by atoms with Crippen molar-refractivity contribution in [1.82, 2.24) is 15.4 Å². The molecule has 1 N–H and O–H groups in total. The number of nitrogens with one attached hydrogen (secondary N) is 1. The minimum absolute atomic E-state index is 0. The highest BCUT2D eigenvalue weighted by Gasteiger charge is 2.64. The van der Waals surface area contributed by atoms with Gasteiger partial charge in [0, 0.05) is 16.4 Å². The average molecular weight is 747 g/mol. The Labute approximate surface area is 272 Å². The number of fused-ring (bicyclic) bond motifs is 1. The normalized spacial score (nSPS) is 20.2. The lowest BCUT2D eigenvalue weighted by atomic mass is 9.95. The fourth-order valence-electron chi connectivity index (χ4n) is 4.89. The molecule has 3 aromatic rings. The van der Waals surface area contributed by atoms with Crippen LogP contribution in [0.15, 0.2) is 47.2 Å².